The summed E-state index contributed by atoms with van der Waals surface area (Å²) in [5.41, 5.74) is 1.77. The van der Waals surface area contributed by atoms with E-state index in [9.17, 15) is 4.79 Å². The third-order valence-corrected chi connectivity index (χ3v) is 3.81. The summed E-state index contributed by atoms with van der Waals surface area (Å²) in [7, 11) is 3.62. The zero-order valence-corrected chi connectivity index (χ0v) is 12.2. The van der Waals surface area contributed by atoms with Gasteiger partial charge in [0.05, 0.1) is 23.1 Å². The molecule has 0 atom stereocenters. The van der Waals surface area contributed by atoms with Crippen molar-refractivity contribution in [3.63, 3.8) is 0 Å². The van der Waals surface area contributed by atoms with Crippen molar-refractivity contribution in [3.8, 4) is 5.75 Å². The standard InChI is InChI=1S/C12H12N6O2S/c1-17-7-13-9-5-8(3-4-10(9)17)20-11(19)6-21-12-14-15-16-18(12)2/h3-5,7H,6H2,1-2H3. The van der Waals surface area contributed by atoms with Gasteiger partial charge in [-0.05, 0) is 22.6 Å². The minimum absolute atomic E-state index is 0.133. The maximum Gasteiger partial charge on any atom is 0.321 e. The monoisotopic (exact) mass is 304 g/mol. The van der Waals surface area contributed by atoms with E-state index in [1.54, 1.807) is 25.5 Å². The number of fused-ring (bicyclic) bond motifs is 1. The molecule has 3 rings (SSSR count). The Morgan fingerprint density at radius 1 is 1.38 bits per heavy atom. The van der Waals surface area contributed by atoms with Gasteiger partial charge in [-0.2, -0.15) is 0 Å². The van der Waals surface area contributed by atoms with Gasteiger partial charge < -0.3 is 9.30 Å². The van der Waals surface area contributed by atoms with E-state index < -0.39 is 0 Å². The van der Waals surface area contributed by atoms with Gasteiger partial charge in [-0.25, -0.2) is 9.67 Å². The highest BCUT2D eigenvalue weighted by atomic mass is 32.2. The first kappa shape index (κ1) is 13.6. The van der Waals surface area contributed by atoms with Gasteiger partial charge in [-0.3, -0.25) is 4.79 Å². The highest BCUT2D eigenvalue weighted by Gasteiger charge is 2.10. The summed E-state index contributed by atoms with van der Waals surface area (Å²) >= 11 is 1.22. The lowest BCUT2D eigenvalue weighted by molar-refractivity contribution is -0.131. The molecule has 0 radical (unpaired) electrons. The summed E-state index contributed by atoms with van der Waals surface area (Å²) in [4.78, 5) is 16.0. The van der Waals surface area contributed by atoms with Crippen molar-refractivity contribution < 1.29 is 9.53 Å². The molecule has 0 aliphatic heterocycles. The molecule has 0 saturated carbocycles. The van der Waals surface area contributed by atoms with Crippen LogP contribution in [0.4, 0.5) is 0 Å². The number of tetrazole rings is 1. The molecule has 9 heteroatoms. The van der Waals surface area contributed by atoms with E-state index in [2.05, 4.69) is 20.5 Å². The van der Waals surface area contributed by atoms with E-state index in [0.29, 0.717) is 10.9 Å². The number of nitrogens with zero attached hydrogens (tertiary/aromatic N) is 6. The van der Waals surface area contributed by atoms with Gasteiger partial charge in [0, 0.05) is 20.2 Å². The number of thioether (sulfide) groups is 1. The van der Waals surface area contributed by atoms with Gasteiger partial charge in [-0.1, -0.05) is 11.8 Å². The number of carbonyl (C=O) groups is 1. The quantitative estimate of drug-likeness (QED) is 0.400. The van der Waals surface area contributed by atoms with Crippen molar-refractivity contribution in [2.75, 3.05) is 5.75 Å². The van der Waals surface area contributed by atoms with Crippen molar-refractivity contribution in [1.82, 2.24) is 29.8 Å². The lowest BCUT2D eigenvalue weighted by atomic mass is 10.3. The fourth-order valence-corrected chi connectivity index (χ4v) is 2.43. The highest BCUT2D eigenvalue weighted by molar-refractivity contribution is 7.99. The summed E-state index contributed by atoms with van der Waals surface area (Å²) in [6, 6.07) is 5.35. The molecule has 0 saturated heterocycles. The van der Waals surface area contributed by atoms with Crippen molar-refractivity contribution in [2.45, 2.75) is 5.16 Å². The lowest BCUT2D eigenvalue weighted by Crippen LogP contribution is -2.11. The second-order valence-corrected chi connectivity index (χ2v) is 5.30. The predicted octanol–water partition coefficient (Wildman–Crippen LogP) is 0.794. The van der Waals surface area contributed by atoms with E-state index in [-0.39, 0.29) is 11.7 Å². The molecule has 108 valence electrons. The normalized spacial score (nSPS) is 11.0. The van der Waals surface area contributed by atoms with Crippen LogP contribution in [-0.2, 0) is 18.9 Å². The molecule has 2 aromatic heterocycles. The Morgan fingerprint density at radius 3 is 3.00 bits per heavy atom. The van der Waals surface area contributed by atoms with Gasteiger partial charge in [-0.15, -0.1) is 5.10 Å². The van der Waals surface area contributed by atoms with Gasteiger partial charge in [0.2, 0.25) is 5.16 Å². The van der Waals surface area contributed by atoms with Gasteiger partial charge in [0.1, 0.15) is 5.75 Å². The molecule has 0 amide bonds. The number of benzene rings is 1. The SMILES string of the molecule is Cn1nnnc1SCC(=O)Oc1ccc2c(c1)ncn2C. The third kappa shape index (κ3) is 2.87. The van der Waals surface area contributed by atoms with Crippen LogP contribution in [0, 0.1) is 0 Å². The van der Waals surface area contributed by atoms with Gasteiger partial charge in [0.25, 0.3) is 0 Å². The number of rotatable bonds is 4. The molecule has 0 aliphatic rings. The molecule has 21 heavy (non-hydrogen) atoms. The van der Waals surface area contributed by atoms with E-state index in [0.717, 1.165) is 11.0 Å². The first-order valence-electron chi connectivity index (χ1n) is 6.10. The Kier molecular flexibility index (Phi) is 3.57. The van der Waals surface area contributed by atoms with Crippen LogP contribution in [0.3, 0.4) is 0 Å². The molecule has 0 fully saturated rings. The average Bonchev–Trinajstić information content (AvgIpc) is 3.03. The Hall–Kier alpha value is -2.42. The molecule has 3 aromatic rings. The van der Waals surface area contributed by atoms with E-state index in [1.807, 2.05) is 17.7 Å². The van der Waals surface area contributed by atoms with Crippen molar-refractivity contribution in [1.29, 1.82) is 0 Å². The number of hydrogen-bond acceptors (Lipinski definition) is 7. The molecule has 0 N–H and O–H groups in total. The zero-order valence-electron chi connectivity index (χ0n) is 11.4. The van der Waals surface area contributed by atoms with E-state index in [4.69, 9.17) is 4.74 Å². The van der Waals surface area contributed by atoms with Crippen molar-refractivity contribution in [2.24, 2.45) is 14.1 Å². The summed E-state index contributed by atoms with van der Waals surface area (Å²) in [6.45, 7) is 0. The molecule has 0 bridgehead atoms. The number of aromatic nitrogens is 6. The zero-order chi connectivity index (χ0) is 14.8. The number of imidazole rings is 1. The Bertz CT molecular complexity index is 796. The molecule has 0 unspecified atom stereocenters. The second kappa shape index (κ2) is 5.52. The van der Waals surface area contributed by atoms with Crippen LogP contribution in [0.2, 0.25) is 0 Å². The molecular formula is C12H12N6O2S. The van der Waals surface area contributed by atoms with Gasteiger partial charge in [0.15, 0.2) is 0 Å². The fourth-order valence-electron chi connectivity index (χ4n) is 1.81. The minimum atomic E-state index is -0.363. The molecule has 0 aliphatic carbocycles. The number of hydrogen-bond donors (Lipinski definition) is 0. The maximum absolute atomic E-state index is 11.8. The first-order valence-corrected chi connectivity index (χ1v) is 7.09. The first-order chi connectivity index (χ1) is 10.1. The molecule has 1 aromatic carbocycles. The topological polar surface area (TPSA) is 87.7 Å². The van der Waals surface area contributed by atoms with Crippen molar-refractivity contribution >= 4 is 28.8 Å². The lowest BCUT2D eigenvalue weighted by Gasteiger charge is -2.04. The Balaban J connectivity index is 1.64. The minimum Gasteiger partial charge on any atom is -0.426 e. The van der Waals surface area contributed by atoms with Crippen LogP contribution >= 0.6 is 11.8 Å². The van der Waals surface area contributed by atoms with Crippen LogP contribution in [0.1, 0.15) is 0 Å². The van der Waals surface area contributed by atoms with Gasteiger partial charge >= 0.3 is 5.97 Å². The fraction of sp³-hybridized carbons (Fsp3) is 0.250. The number of ether oxygens (including phenoxy) is 1. The molecular weight excluding hydrogens is 292 g/mol. The van der Waals surface area contributed by atoms with Crippen LogP contribution in [0.15, 0.2) is 29.7 Å². The van der Waals surface area contributed by atoms with Crippen LogP contribution in [-0.4, -0.2) is 41.5 Å². The molecule has 0 spiro atoms. The average molecular weight is 304 g/mol. The predicted molar refractivity (Wildman–Crippen MR) is 75.9 cm³/mol. The van der Waals surface area contributed by atoms with Crippen LogP contribution in [0.5, 0.6) is 5.75 Å². The van der Waals surface area contributed by atoms with Crippen LogP contribution < -0.4 is 4.74 Å². The summed E-state index contributed by atoms with van der Waals surface area (Å²) in [5.74, 6) is 0.246. The molecule has 2 heterocycles. The summed E-state index contributed by atoms with van der Waals surface area (Å²) in [5, 5.41) is 11.5. The van der Waals surface area contributed by atoms with E-state index >= 15 is 0 Å². The highest BCUT2D eigenvalue weighted by Crippen LogP contribution is 2.20. The third-order valence-electron chi connectivity index (χ3n) is 2.83. The number of esters is 1. The smallest absolute Gasteiger partial charge is 0.321 e. The summed E-state index contributed by atoms with van der Waals surface area (Å²) < 4.78 is 8.68. The molecule has 8 nitrogen and oxygen atoms in total. The van der Waals surface area contributed by atoms with Crippen LogP contribution in [0.25, 0.3) is 11.0 Å². The van der Waals surface area contributed by atoms with E-state index in [1.165, 1.54) is 16.4 Å². The summed E-state index contributed by atoms with van der Waals surface area (Å²) in [6.07, 6.45) is 1.72. The Labute approximate surface area is 124 Å². The number of carbonyl (C=O) groups excluding carboxylic acids is 1. The van der Waals surface area contributed by atoms with Crippen molar-refractivity contribution in [3.05, 3.63) is 24.5 Å². The number of aryl methyl sites for hydroxylation is 2. The second-order valence-electron chi connectivity index (χ2n) is 4.35. The largest absolute Gasteiger partial charge is 0.426 e. The Morgan fingerprint density at radius 2 is 2.24 bits per heavy atom. The maximum atomic E-state index is 11.8.